The molecule has 0 amide bonds. The summed E-state index contributed by atoms with van der Waals surface area (Å²) in [5.74, 6) is 2.12. The first-order valence-electron chi connectivity index (χ1n) is 6.31. The van der Waals surface area contributed by atoms with Crippen LogP contribution in [0.5, 0.6) is 11.5 Å². The standard InChI is InChI=1S/C14H22N2O2/c1-8-12(17-2)5-4-11(14(8)18-3)13(16)9-6-10(15)7-9/h4-5,9-10,13H,6-7,15-16H2,1-3H3. The van der Waals surface area contributed by atoms with Gasteiger partial charge in [0.1, 0.15) is 11.5 Å². The molecule has 4 heteroatoms. The normalized spacial score (nSPS) is 24.3. The molecule has 1 unspecified atom stereocenters. The molecule has 0 spiro atoms. The van der Waals surface area contributed by atoms with Crippen LogP contribution in [0.3, 0.4) is 0 Å². The SMILES string of the molecule is COc1ccc(C(N)C2CC(N)C2)c(OC)c1C. The van der Waals surface area contributed by atoms with E-state index in [9.17, 15) is 0 Å². The lowest BCUT2D eigenvalue weighted by molar-refractivity contribution is 0.220. The van der Waals surface area contributed by atoms with Crippen LogP contribution in [0.4, 0.5) is 0 Å². The van der Waals surface area contributed by atoms with Crippen molar-refractivity contribution in [3.05, 3.63) is 23.3 Å². The molecule has 0 aliphatic heterocycles. The minimum Gasteiger partial charge on any atom is -0.496 e. The minimum atomic E-state index is -0.00986. The zero-order chi connectivity index (χ0) is 13.3. The van der Waals surface area contributed by atoms with Crippen LogP contribution in [-0.4, -0.2) is 20.3 Å². The molecule has 4 nitrogen and oxygen atoms in total. The van der Waals surface area contributed by atoms with Gasteiger partial charge < -0.3 is 20.9 Å². The Hall–Kier alpha value is -1.26. The third kappa shape index (κ3) is 2.18. The fraction of sp³-hybridized carbons (Fsp3) is 0.571. The molecular formula is C14H22N2O2. The van der Waals surface area contributed by atoms with Gasteiger partial charge in [-0.3, -0.25) is 0 Å². The van der Waals surface area contributed by atoms with Crippen molar-refractivity contribution in [1.29, 1.82) is 0 Å². The number of ether oxygens (including phenoxy) is 2. The number of hydrogen-bond donors (Lipinski definition) is 2. The smallest absolute Gasteiger partial charge is 0.130 e. The topological polar surface area (TPSA) is 70.5 Å². The Morgan fingerprint density at radius 3 is 2.39 bits per heavy atom. The molecule has 0 heterocycles. The third-order valence-corrected chi connectivity index (χ3v) is 3.89. The number of hydrogen-bond acceptors (Lipinski definition) is 4. The van der Waals surface area contributed by atoms with E-state index in [1.54, 1.807) is 14.2 Å². The van der Waals surface area contributed by atoms with Crippen LogP contribution in [0.2, 0.25) is 0 Å². The van der Waals surface area contributed by atoms with Gasteiger partial charge in [0.25, 0.3) is 0 Å². The molecule has 18 heavy (non-hydrogen) atoms. The average molecular weight is 250 g/mol. The third-order valence-electron chi connectivity index (χ3n) is 3.89. The zero-order valence-electron chi connectivity index (χ0n) is 11.3. The average Bonchev–Trinajstić information content (AvgIpc) is 2.33. The molecule has 1 atom stereocenters. The van der Waals surface area contributed by atoms with Gasteiger partial charge in [-0.1, -0.05) is 6.07 Å². The van der Waals surface area contributed by atoms with Crippen LogP contribution in [0.15, 0.2) is 12.1 Å². The van der Waals surface area contributed by atoms with Gasteiger partial charge in [0.15, 0.2) is 0 Å². The Balaban J connectivity index is 2.29. The Bertz CT molecular complexity index is 428. The second-order valence-electron chi connectivity index (χ2n) is 5.03. The molecule has 1 aromatic rings. The molecule has 0 radical (unpaired) electrons. The van der Waals surface area contributed by atoms with Crippen molar-refractivity contribution in [1.82, 2.24) is 0 Å². The summed E-state index contributed by atoms with van der Waals surface area (Å²) in [5.41, 5.74) is 14.2. The zero-order valence-corrected chi connectivity index (χ0v) is 11.3. The first-order valence-corrected chi connectivity index (χ1v) is 6.31. The predicted octanol–water partition coefficient (Wildman–Crippen LogP) is 1.75. The van der Waals surface area contributed by atoms with Gasteiger partial charge in [0, 0.05) is 23.2 Å². The number of methoxy groups -OCH3 is 2. The van der Waals surface area contributed by atoms with Crippen molar-refractivity contribution < 1.29 is 9.47 Å². The summed E-state index contributed by atoms with van der Waals surface area (Å²) in [7, 11) is 3.33. The lowest BCUT2D eigenvalue weighted by Gasteiger charge is -2.37. The van der Waals surface area contributed by atoms with Crippen molar-refractivity contribution in [2.45, 2.75) is 31.8 Å². The molecule has 100 valence electrons. The van der Waals surface area contributed by atoms with Crippen LogP contribution >= 0.6 is 0 Å². The Kier molecular flexibility index (Phi) is 3.78. The van der Waals surface area contributed by atoms with Crippen molar-refractivity contribution in [3.63, 3.8) is 0 Å². The molecule has 1 fully saturated rings. The maximum absolute atomic E-state index is 6.32. The van der Waals surface area contributed by atoms with E-state index < -0.39 is 0 Å². The Labute approximate surface area is 108 Å². The van der Waals surface area contributed by atoms with Crippen LogP contribution in [0, 0.1) is 12.8 Å². The predicted molar refractivity (Wildman–Crippen MR) is 71.9 cm³/mol. The molecule has 0 aromatic heterocycles. The van der Waals surface area contributed by atoms with Crippen LogP contribution < -0.4 is 20.9 Å². The summed E-state index contributed by atoms with van der Waals surface area (Å²) >= 11 is 0. The highest BCUT2D eigenvalue weighted by atomic mass is 16.5. The first-order chi connectivity index (χ1) is 8.58. The summed E-state index contributed by atoms with van der Waals surface area (Å²) in [4.78, 5) is 0. The summed E-state index contributed by atoms with van der Waals surface area (Å²) in [6.45, 7) is 1.99. The van der Waals surface area contributed by atoms with Crippen LogP contribution in [0.25, 0.3) is 0 Å². The minimum absolute atomic E-state index is 0.00986. The monoisotopic (exact) mass is 250 g/mol. The molecule has 1 aromatic carbocycles. The van der Waals surface area contributed by atoms with E-state index in [0.29, 0.717) is 12.0 Å². The van der Waals surface area contributed by atoms with Gasteiger partial charge in [0.05, 0.1) is 14.2 Å². The van der Waals surface area contributed by atoms with Gasteiger partial charge in [0.2, 0.25) is 0 Å². The highest BCUT2D eigenvalue weighted by Gasteiger charge is 2.33. The highest BCUT2D eigenvalue weighted by molar-refractivity contribution is 5.50. The summed E-state index contributed by atoms with van der Waals surface area (Å²) < 4.78 is 10.8. The second-order valence-corrected chi connectivity index (χ2v) is 5.03. The van der Waals surface area contributed by atoms with Crippen molar-refractivity contribution in [2.75, 3.05) is 14.2 Å². The van der Waals surface area contributed by atoms with E-state index in [1.165, 1.54) is 0 Å². The molecular weight excluding hydrogens is 228 g/mol. The fourth-order valence-electron chi connectivity index (χ4n) is 2.70. The quantitative estimate of drug-likeness (QED) is 0.854. The van der Waals surface area contributed by atoms with E-state index in [-0.39, 0.29) is 6.04 Å². The maximum atomic E-state index is 6.32. The van der Waals surface area contributed by atoms with Gasteiger partial charge in [-0.05, 0) is 31.7 Å². The highest BCUT2D eigenvalue weighted by Crippen LogP contribution is 2.41. The first kappa shape index (κ1) is 13.2. The molecule has 1 saturated carbocycles. The molecule has 0 saturated heterocycles. The largest absolute Gasteiger partial charge is 0.496 e. The van der Waals surface area contributed by atoms with Gasteiger partial charge >= 0.3 is 0 Å². The second kappa shape index (κ2) is 5.16. The van der Waals surface area contributed by atoms with Gasteiger partial charge in [-0.2, -0.15) is 0 Å². The Morgan fingerprint density at radius 2 is 1.89 bits per heavy atom. The van der Waals surface area contributed by atoms with Crippen molar-refractivity contribution in [3.8, 4) is 11.5 Å². The lowest BCUT2D eigenvalue weighted by Crippen LogP contribution is -2.41. The van der Waals surface area contributed by atoms with Gasteiger partial charge in [-0.25, -0.2) is 0 Å². The van der Waals surface area contributed by atoms with E-state index in [2.05, 4.69) is 0 Å². The molecule has 2 rings (SSSR count). The summed E-state index contributed by atoms with van der Waals surface area (Å²) in [6, 6.07) is 4.25. The van der Waals surface area contributed by atoms with Crippen LogP contribution in [0.1, 0.15) is 30.0 Å². The van der Waals surface area contributed by atoms with E-state index in [1.807, 2.05) is 19.1 Å². The van der Waals surface area contributed by atoms with Crippen molar-refractivity contribution >= 4 is 0 Å². The van der Waals surface area contributed by atoms with E-state index in [4.69, 9.17) is 20.9 Å². The number of nitrogens with two attached hydrogens (primary N) is 2. The van der Waals surface area contributed by atoms with Crippen LogP contribution in [-0.2, 0) is 0 Å². The van der Waals surface area contributed by atoms with Gasteiger partial charge in [-0.15, -0.1) is 0 Å². The fourth-order valence-corrected chi connectivity index (χ4v) is 2.70. The van der Waals surface area contributed by atoms with E-state index in [0.717, 1.165) is 35.5 Å². The van der Waals surface area contributed by atoms with E-state index >= 15 is 0 Å². The molecule has 4 N–H and O–H groups in total. The van der Waals surface area contributed by atoms with Crippen molar-refractivity contribution in [2.24, 2.45) is 17.4 Å². The summed E-state index contributed by atoms with van der Waals surface area (Å²) in [5, 5.41) is 0. The number of benzene rings is 1. The number of rotatable bonds is 4. The Morgan fingerprint density at radius 1 is 1.22 bits per heavy atom. The molecule has 1 aliphatic carbocycles. The maximum Gasteiger partial charge on any atom is 0.130 e. The summed E-state index contributed by atoms with van der Waals surface area (Å²) in [6.07, 6.45) is 1.99. The molecule has 1 aliphatic rings. The molecule has 0 bridgehead atoms. The lowest BCUT2D eigenvalue weighted by atomic mass is 9.74.